The van der Waals surface area contributed by atoms with Crippen molar-refractivity contribution in [2.75, 3.05) is 13.1 Å². The fourth-order valence-electron chi connectivity index (χ4n) is 1.90. The molecule has 1 N–H and O–H groups in total. The van der Waals surface area contributed by atoms with Gasteiger partial charge in [0, 0.05) is 24.2 Å². The smallest absolute Gasteiger partial charge is 0.239 e. The zero-order valence-electron chi connectivity index (χ0n) is 11.9. The van der Waals surface area contributed by atoms with Crippen molar-refractivity contribution in [2.45, 2.75) is 46.7 Å². The van der Waals surface area contributed by atoms with E-state index in [-0.39, 0.29) is 18.0 Å². The van der Waals surface area contributed by atoms with Gasteiger partial charge in [0.05, 0.1) is 12.1 Å². The maximum Gasteiger partial charge on any atom is 0.239 e. The first kappa shape index (κ1) is 15.1. The third-order valence-corrected chi connectivity index (χ3v) is 4.10. The molecule has 0 bridgehead atoms. The van der Waals surface area contributed by atoms with Crippen molar-refractivity contribution in [2.24, 2.45) is 0 Å². The summed E-state index contributed by atoms with van der Waals surface area (Å²) in [4.78, 5) is 18.4. The lowest BCUT2D eigenvalue weighted by molar-refractivity contribution is -0.132. The Morgan fingerprint density at radius 1 is 1.44 bits per heavy atom. The summed E-state index contributed by atoms with van der Waals surface area (Å²) in [6.07, 6.45) is 0. The van der Waals surface area contributed by atoms with Gasteiger partial charge in [-0.05, 0) is 34.6 Å². The molecule has 0 spiro atoms. The molecule has 1 rings (SSSR count). The molecule has 1 aromatic heterocycles. The van der Waals surface area contributed by atoms with Crippen LogP contribution in [-0.4, -0.2) is 34.9 Å². The van der Waals surface area contributed by atoms with Crippen LogP contribution in [0.1, 0.15) is 44.4 Å². The lowest BCUT2D eigenvalue weighted by Gasteiger charge is -2.25. The zero-order chi connectivity index (χ0) is 13.7. The highest BCUT2D eigenvalue weighted by Gasteiger charge is 2.21. The third kappa shape index (κ3) is 3.78. The van der Waals surface area contributed by atoms with Crippen LogP contribution in [0.2, 0.25) is 0 Å². The first-order valence-electron chi connectivity index (χ1n) is 6.46. The zero-order valence-corrected chi connectivity index (χ0v) is 12.7. The quantitative estimate of drug-likeness (QED) is 0.862. The highest BCUT2D eigenvalue weighted by Crippen LogP contribution is 2.18. The Hall–Kier alpha value is -0.940. The van der Waals surface area contributed by atoms with Crippen LogP contribution in [0.4, 0.5) is 0 Å². The largest absolute Gasteiger partial charge is 0.342 e. The van der Waals surface area contributed by atoms with E-state index in [0.717, 1.165) is 23.8 Å². The first-order valence-corrected chi connectivity index (χ1v) is 7.34. The van der Waals surface area contributed by atoms with Gasteiger partial charge in [0.2, 0.25) is 5.91 Å². The molecule has 0 aliphatic carbocycles. The lowest BCUT2D eigenvalue weighted by atomic mass is 10.2. The molecule has 0 fully saturated rings. The Labute approximate surface area is 113 Å². The van der Waals surface area contributed by atoms with Crippen LogP contribution in [0.3, 0.4) is 0 Å². The topological polar surface area (TPSA) is 45.2 Å². The molecule has 0 aliphatic heterocycles. The second-order valence-electron chi connectivity index (χ2n) is 4.45. The third-order valence-electron chi connectivity index (χ3n) is 2.95. The maximum atomic E-state index is 12.1. The summed E-state index contributed by atoms with van der Waals surface area (Å²) in [6.45, 7) is 11.5. The van der Waals surface area contributed by atoms with E-state index in [1.54, 1.807) is 11.3 Å². The average Bonchev–Trinajstić information content (AvgIpc) is 2.77. The van der Waals surface area contributed by atoms with Crippen LogP contribution in [0.25, 0.3) is 0 Å². The van der Waals surface area contributed by atoms with Crippen molar-refractivity contribution < 1.29 is 4.79 Å². The number of carbonyl (C=O) groups excluding carboxylic acids is 1. The van der Waals surface area contributed by atoms with Crippen LogP contribution >= 0.6 is 11.3 Å². The van der Waals surface area contributed by atoms with Crippen molar-refractivity contribution in [3.63, 3.8) is 0 Å². The van der Waals surface area contributed by atoms with Gasteiger partial charge in [0.1, 0.15) is 5.01 Å². The van der Waals surface area contributed by atoms with E-state index >= 15 is 0 Å². The van der Waals surface area contributed by atoms with Crippen molar-refractivity contribution in [3.8, 4) is 0 Å². The molecule has 0 aromatic carbocycles. The molecular formula is C13H23N3OS. The molecule has 2 unspecified atom stereocenters. The maximum absolute atomic E-state index is 12.1. The normalized spacial score (nSPS) is 14.3. The number of hydrogen-bond donors (Lipinski definition) is 1. The fraction of sp³-hybridized carbons (Fsp3) is 0.692. The molecule has 1 amide bonds. The Kier molecular flexibility index (Phi) is 5.75. The number of hydrogen-bond acceptors (Lipinski definition) is 4. The molecule has 2 atom stereocenters. The summed E-state index contributed by atoms with van der Waals surface area (Å²) < 4.78 is 0. The molecule has 0 aliphatic rings. The Morgan fingerprint density at radius 3 is 2.50 bits per heavy atom. The van der Waals surface area contributed by atoms with Gasteiger partial charge in [0.15, 0.2) is 0 Å². The highest BCUT2D eigenvalue weighted by atomic mass is 32.1. The fourth-order valence-corrected chi connectivity index (χ4v) is 2.71. The van der Waals surface area contributed by atoms with Crippen LogP contribution in [-0.2, 0) is 4.79 Å². The van der Waals surface area contributed by atoms with Gasteiger partial charge in [-0.2, -0.15) is 0 Å². The highest BCUT2D eigenvalue weighted by molar-refractivity contribution is 7.09. The van der Waals surface area contributed by atoms with Crippen LogP contribution in [0, 0.1) is 6.92 Å². The summed E-state index contributed by atoms with van der Waals surface area (Å²) in [5.74, 6) is 0.153. The van der Waals surface area contributed by atoms with Crippen molar-refractivity contribution in [1.82, 2.24) is 15.2 Å². The number of aromatic nitrogens is 1. The minimum atomic E-state index is -0.177. The number of nitrogens with one attached hydrogen (secondary N) is 1. The molecule has 102 valence electrons. The molecule has 0 saturated heterocycles. The number of likely N-dealkylation sites (N-methyl/N-ethyl adjacent to an activating group) is 1. The number of amides is 1. The lowest BCUT2D eigenvalue weighted by Crippen LogP contribution is -2.45. The summed E-state index contributed by atoms with van der Waals surface area (Å²) in [5, 5.41) is 6.38. The molecule has 0 saturated carbocycles. The van der Waals surface area contributed by atoms with Gasteiger partial charge >= 0.3 is 0 Å². The molecule has 1 aromatic rings. The predicted octanol–water partition coefficient (Wildman–Crippen LogP) is 2.36. The monoisotopic (exact) mass is 269 g/mol. The van der Waals surface area contributed by atoms with Gasteiger partial charge in [0.25, 0.3) is 0 Å². The predicted molar refractivity (Wildman–Crippen MR) is 75.8 cm³/mol. The van der Waals surface area contributed by atoms with Crippen LogP contribution in [0.15, 0.2) is 5.38 Å². The summed E-state index contributed by atoms with van der Waals surface area (Å²) in [6, 6.07) is -0.0673. The summed E-state index contributed by atoms with van der Waals surface area (Å²) in [7, 11) is 0. The van der Waals surface area contributed by atoms with Gasteiger partial charge < -0.3 is 4.90 Å². The van der Waals surface area contributed by atoms with E-state index in [1.807, 2.05) is 44.9 Å². The van der Waals surface area contributed by atoms with Crippen molar-refractivity contribution in [1.29, 1.82) is 0 Å². The minimum Gasteiger partial charge on any atom is -0.342 e. The van der Waals surface area contributed by atoms with E-state index in [0.29, 0.717) is 0 Å². The van der Waals surface area contributed by atoms with Crippen LogP contribution in [0.5, 0.6) is 0 Å². The Balaban J connectivity index is 2.58. The van der Waals surface area contributed by atoms with Gasteiger partial charge in [-0.1, -0.05) is 0 Å². The molecular weight excluding hydrogens is 246 g/mol. The minimum absolute atomic E-state index is 0.109. The van der Waals surface area contributed by atoms with Gasteiger partial charge in [-0.3, -0.25) is 10.1 Å². The summed E-state index contributed by atoms with van der Waals surface area (Å²) >= 11 is 1.63. The molecule has 5 heteroatoms. The number of carbonyl (C=O) groups is 1. The van der Waals surface area contributed by atoms with Gasteiger partial charge in [-0.25, -0.2) is 4.98 Å². The standard InChI is InChI=1S/C13H23N3OS/c1-6-16(7-2)13(17)11(5)15-10(4)12-14-9(3)8-18-12/h8,10-11,15H,6-7H2,1-5H3. The molecule has 1 heterocycles. The second-order valence-corrected chi connectivity index (χ2v) is 5.34. The van der Waals surface area contributed by atoms with E-state index < -0.39 is 0 Å². The van der Waals surface area contributed by atoms with Crippen molar-refractivity contribution in [3.05, 3.63) is 16.1 Å². The van der Waals surface area contributed by atoms with E-state index in [4.69, 9.17) is 0 Å². The molecule has 18 heavy (non-hydrogen) atoms. The Bertz CT molecular complexity index is 387. The Morgan fingerprint density at radius 2 is 2.06 bits per heavy atom. The van der Waals surface area contributed by atoms with E-state index in [9.17, 15) is 4.79 Å². The summed E-state index contributed by atoms with van der Waals surface area (Å²) in [5.41, 5.74) is 1.03. The first-order chi connectivity index (χ1) is 8.49. The number of thiazole rings is 1. The SMILES string of the molecule is CCN(CC)C(=O)C(C)NC(C)c1nc(C)cs1. The van der Waals surface area contributed by atoms with Gasteiger partial charge in [-0.15, -0.1) is 11.3 Å². The van der Waals surface area contributed by atoms with E-state index in [2.05, 4.69) is 10.3 Å². The van der Waals surface area contributed by atoms with Crippen LogP contribution < -0.4 is 5.32 Å². The van der Waals surface area contributed by atoms with Crippen molar-refractivity contribution >= 4 is 17.2 Å². The number of nitrogens with zero attached hydrogens (tertiary/aromatic N) is 2. The van der Waals surface area contributed by atoms with E-state index in [1.165, 1.54) is 0 Å². The molecule has 4 nitrogen and oxygen atoms in total. The average molecular weight is 269 g/mol. The number of aryl methyl sites for hydroxylation is 1. The number of rotatable bonds is 6. The second kappa shape index (κ2) is 6.85. The molecule has 0 radical (unpaired) electrons.